The van der Waals surface area contributed by atoms with Gasteiger partial charge in [-0.3, -0.25) is 0 Å². The first-order chi connectivity index (χ1) is 23.8. The Kier molecular flexibility index (Phi) is 5.91. The van der Waals surface area contributed by atoms with Crippen LogP contribution in [-0.2, 0) is 0 Å². The van der Waals surface area contributed by atoms with E-state index in [9.17, 15) is 0 Å². The SMILES string of the molecule is c1ccc(-c2ccc(-n3ccc4c3ccc3c5ccccc5n(-c5ccc(-c6c7ccccc7cc7ccccc67)cc5)c34)cc2)cc1. The highest BCUT2D eigenvalue weighted by atomic mass is 15.0. The molecule has 0 unspecified atom stereocenters. The van der Waals surface area contributed by atoms with Gasteiger partial charge in [0.15, 0.2) is 0 Å². The van der Waals surface area contributed by atoms with Crippen LogP contribution in [-0.4, -0.2) is 9.13 Å². The van der Waals surface area contributed by atoms with E-state index in [1.165, 1.54) is 76.5 Å². The Bertz CT molecular complexity index is 2750. The molecule has 224 valence electrons. The fourth-order valence-electron chi connectivity index (χ4n) is 7.72. The molecule has 10 rings (SSSR count). The zero-order valence-electron chi connectivity index (χ0n) is 26.2. The third kappa shape index (κ3) is 4.06. The Morgan fingerprint density at radius 2 is 0.917 bits per heavy atom. The van der Waals surface area contributed by atoms with E-state index in [0.717, 1.165) is 11.4 Å². The van der Waals surface area contributed by atoms with Crippen LogP contribution in [0.5, 0.6) is 0 Å². The molecule has 0 aliphatic heterocycles. The molecule has 0 fully saturated rings. The van der Waals surface area contributed by atoms with Gasteiger partial charge < -0.3 is 9.13 Å². The second-order valence-corrected chi connectivity index (χ2v) is 12.6. The average Bonchev–Trinajstić information content (AvgIpc) is 3.74. The second-order valence-electron chi connectivity index (χ2n) is 12.6. The van der Waals surface area contributed by atoms with E-state index in [0.29, 0.717) is 0 Å². The number of fused-ring (bicyclic) bond motifs is 7. The van der Waals surface area contributed by atoms with E-state index >= 15 is 0 Å². The van der Waals surface area contributed by atoms with Crippen molar-refractivity contribution in [2.45, 2.75) is 0 Å². The van der Waals surface area contributed by atoms with E-state index in [1.54, 1.807) is 0 Å². The van der Waals surface area contributed by atoms with Crippen LogP contribution in [0.15, 0.2) is 182 Å². The van der Waals surface area contributed by atoms with Gasteiger partial charge in [-0.25, -0.2) is 0 Å². The lowest BCUT2D eigenvalue weighted by Gasteiger charge is -2.14. The van der Waals surface area contributed by atoms with Crippen LogP contribution < -0.4 is 0 Å². The monoisotopic (exact) mass is 610 g/mol. The van der Waals surface area contributed by atoms with E-state index < -0.39 is 0 Å². The zero-order chi connectivity index (χ0) is 31.6. The van der Waals surface area contributed by atoms with Gasteiger partial charge in [0.2, 0.25) is 0 Å². The molecule has 0 aliphatic carbocycles. The summed E-state index contributed by atoms with van der Waals surface area (Å²) in [6.07, 6.45) is 2.21. The minimum Gasteiger partial charge on any atom is -0.316 e. The number of para-hydroxylation sites is 1. The van der Waals surface area contributed by atoms with Gasteiger partial charge in [0.05, 0.1) is 16.6 Å². The highest BCUT2D eigenvalue weighted by Crippen LogP contribution is 2.40. The molecule has 0 N–H and O–H groups in total. The summed E-state index contributed by atoms with van der Waals surface area (Å²) in [5.41, 5.74) is 10.9. The molecular weight excluding hydrogens is 581 g/mol. The summed E-state index contributed by atoms with van der Waals surface area (Å²) in [6, 6.07) is 64.0. The lowest BCUT2D eigenvalue weighted by atomic mass is 9.92. The van der Waals surface area contributed by atoms with Crippen molar-refractivity contribution in [1.29, 1.82) is 0 Å². The van der Waals surface area contributed by atoms with Crippen LogP contribution in [0, 0.1) is 0 Å². The number of rotatable bonds is 4. The van der Waals surface area contributed by atoms with Crippen molar-refractivity contribution in [1.82, 2.24) is 9.13 Å². The van der Waals surface area contributed by atoms with Gasteiger partial charge in [0, 0.05) is 33.7 Å². The zero-order valence-corrected chi connectivity index (χ0v) is 26.2. The number of nitrogens with zero attached hydrogens (tertiary/aromatic N) is 2. The van der Waals surface area contributed by atoms with E-state index in [2.05, 4.69) is 191 Å². The topological polar surface area (TPSA) is 9.86 Å². The summed E-state index contributed by atoms with van der Waals surface area (Å²) in [5.74, 6) is 0. The normalized spacial score (nSPS) is 11.8. The van der Waals surface area contributed by atoms with Crippen LogP contribution in [0.4, 0.5) is 0 Å². The summed E-state index contributed by atoms with van der Waals surface area (Å²) in [5, 5.41) is 8.85. The largest absolute Gasteiger partial charge is 0.316 e. The van der Waals surface area contributed by atoms with Crippen molar-refractivity contribution in [2.24, 2.45) is 0 Å². The maximum absolute atomic E-state index is 2.45. The summed E-state index contributed by atoms with van der Waals surface area (Å²) in [4.78, 5) is 0. The number of aromatic nitrogens is 2. The van der Waals surface area contributed by atoms with Crippen molar-refractivity contribution in [3.05, 3.63) is 182 Å². The number of hydrogen-bond donors (Lipinski definition) is 0. The van der Waals surface area contributed by atoms with Gasteiger partial charge in [-0.15, -0.1) is 0 Å². The molecule has 0 bridgehead atoms. The second kappa shape index (κ2) is 10.6. The highest BCUT2D eigenvalue weighted by Gasteiger charge is 2.17. The first-order valence-corrected chi connectivity index (χ1v) is 16.5. The lowest BCUT2D eigenvalue weighted by Crippen LogP contribution is -1.95. The van der Waals surface area contributed by atoms with Crippen LogP contribution in [0.3, 0.4) is 0 Å². The summed E-state index contributed by atoms with van der Waals surface area (Å²) < 4.78 is 4.75. The molecule has 0 amide bonds. The van der Waals surface area contributed by atoms with Gasteiger partial charge >= 0.3 is 0 Å². The summed E-state index contributed by atoms with van der Waals surface area (Å²) >= 11 is 0. The Hall–Kier alpha value is -6.38. The van der Waals surface area contributed by atoms with Gasteiger partial charge in [-0.05, 0) is 92.3 Å². The maximum atomic E-state index is 2.45. The molecule has 2 aromatic heterocycles. The molecule has 10 aromatic rings. The van der Waals surface area contributed by atoms with Gasteiger partial charge in [0.1, 0.15) is 0 Å². The minimum atomic E-state index is 1.15. The third-order valence-electron chi connectivity index (χ3n) is 9.94. The quantitative estimate of drug-likeness (QED) is 0.175. The summed E-state index contributed by atoms with van der Waals surface area (Å²) in [6.45, 7) is 0. The first kappa shape index (κ1) is 26.8. The van der Waals surface area contributed by atoms with Crippen LogP contribution in [0.1, 0.15) is 0 Å². The maximum Gasteiger partial charge on any atom is 0.0635 e. The van der Waals surface area contributed by atoms with Gasteiger partial charge in [-0.1, -0.05) is 127 Å². The van der Waals surface area contributed by atoms with Crippen molar-refractivity contribution in [3.8, 4) is 33.6 Å². The predicted molar refractivity (Wildman–Crippen MR) is 203 cm³/mol. The van der Waals surface area contributed by atoms with Crippen molar-refractivity contribution in [2.75, 3.05) is 0 Å². The predicted octanol–water partition coefficient (Wildman–Crippen LogP) is 12.4. The van der Waals surface area contributed by atoms with Gasteiger partial charge in [-0.2, -0.15) is 0 Å². The fourth-order valence-corrected chi connectivity index (χ4v) is 7.72. The molecule has 2 heteroatoms. The minimum absolute atomic E-state index is 1.15. The molecule has 0 aliphatic rings. The van der Waals surface area contributed by atoms with Crippen LogP contribution >= 0.6 is 0 Å². The van der Waals surface area contributed by atoms with Crippen molar-refractivity contribution < 1.29 is 0 Å². The van der Waals surface area contributed by atoms with E-state index in [4.69, 9.17) is 0 Å². The Morgan fingerprint density at radius 3 is 1.65 bits per heavy atom. The number of benzene rings is 8. The molecule has 8 aromatic carbocycles. The molecule has 0 radical (unpaired) electrons. The molecule has 0 atom stereocenters. The van der Waals surface area contributed by atoms with Gasteiger partial charge in [0.25, 0.3) is 0 Å². The van der Waals surface area contributed by atoms with Crippen LogP contribution in [0.2, 0.25) is 0 Å². The highest BCUT2D eigenvalue weighted by molar-refractivity contribution is 6.18. The molecular formula is C46H30N2. The lowest BCUT2D eigenvalue weighted by molar-refractivity contribution is 1.13. The molecule has 0 saturated carbocycles. The number of hydrogen-bond acceptors (Lipinski definition) is 0. The first-order valence-electron chi connectivity index (χ1n) is 16.5. The van der Waals surface area contributed by atoms with E-state index in [1.807, 2.05) is 0 Å². The standard InChI is InChI=1S/C46H30N2/c1-2-10-31(11-3-1)32-18-22-36(23-19-32)47-29-28-42-43(47)27-26-41-40-16-8-9-17-44(40)48(46(41)42)37-24-20-33(21-25-37)45-38-14-6-4-12-34(38)30-35-13-5-7-15-39(35)45/h1-30H. The summed E-state index contributed by atoms with van der Waals surface area (Å²) in [7, 11) is 0. The van der Waals surface area contributed by atoms with E-state index in [-0.39, 0.29) is 0 Å². The van der Waals surface area contributed by atoms with Crippen molar-refractivity contribution >= 4 is 54.3 Å². The Labute approximate surface area is 278 Å². The Balaban J connectivity index is 1.14. The Morgan fingerprint density at radius 1 is 0.333 bits per heavy atom. The molecule has 2 nitrogen and oxygen atoms in total. The molecule has 0 spiro atoms. The third-order valence-corrected chi connectivity index (χ3v) is 9.94. The molecule has 48 heavy (non-hydrogen) atoms. The average molecular weight is 611 g/mol. The van der Waals surface area contributed by atoms with Crippen LogP contribution in [0.25, 0.3) is 87.9 Å². The fraction of sp³-hybridized carbons (Fsp3) is 0. The smallest absolute Gasteiger partial charge is 0.0635 e. The van der Waals surface area contributed by atoms with Crippen molar-refractivity contribution in [3.63, 3.8) is 0 Å². The molecule has 2 heterocycles. The molecule has 0 saturated heterocycles.